The van der Waals surface area contributed by atoms with Crippen molar-refractivity contribution in [3.8, 4) is 0 Å². The van der Waals surface area contributed by atoms with E-state index in [1.54, 1.807) is 6.92 Å². The molecule has 3 fully saturated rings. The van der Waals surface area contributed by atoms with Crippen molar-refractivity contribution >= 4 is 17.7 Å². The van der Waals surface area contributed by atoms with Gasteiger partial charge in [-0.1, -0.05) is 23.8 Å². The summed E-state index contributed by atoms with van der Waals surface area (Å²) in [5.74, 6) is -4.16. The van der Waals surface area contributed by atoms with Crippen LogP contribution in [0.5, 0.6) is 0 Å². The summed E-state index contributed by atoms with van der Waals surface area (Å²) in [6.07, 6.45) is 9.36. The van der Waals surface area contributed by atoms with Crippen LogP contribution in [-0.4, -0.2) is 39.1 Å². The Morgan fingerprint density at radius 1 is 1.00 bits per heavy atom. The fourth-order valence-corrected chi connectivity index (χ4v) is 8.28. The summed E-state index contributed by atoms with van der Waals surface area (Å²) in [4.78, 5) is 37.3. The van der Waals surface area contributed by atoms with Crippen LogP contribution < -0.4 is 0 Å². The Kier molecular flexibility index (Phi) is 3.96. The number of ketones is 1. The molecule has 29 heavy (non-hydrogen) atoms. The Morgan fingerprint density at radius 3 is 2.38 bits per heavy atom. The first-order chi connectivity index (χ1) is 13.7. The second-order valence-electron chi connectivity index (χ2n) is 9.96. The second-order valence-corrected chi connectivity index (χ2v) is 9.96. The van der Waals surface area contributed by atoms with Gasteiger partial charge in [0.25, 0.3) is 0 Å². The Morgan fingerprint density at radius 2 is 1.72 bits per heavy atom. The number of allylic oxidation sites excluding steroid dienone is 4. The van der Waals surface area contributed by atoms with E-state index in [0.717, 1.165) is 24.8 Å². The van der Waals surface area contributed by atoms with Crippen molar-refractivity contribution in [2.24, 2.45) is 46.3 Å². The lowest BCUT2D eigenvalue weighted by Gasteiger charge is -2.66. The molecule has 0 aromatic carbocycles. The topological polar surface area (TPSA) is 112 Å². The number of hydrogen-bond acceptors (Lipinski definition) is 4. The van der Waals surface area contributed by atoms with Crippen molar-refractivity contribution in [2.45, 2.75) is 51.6 Å². The third kappa shape index (κ3) is 2.18. The quantitative estimate of drug-likeness (QED) is 0.628. The molecule has 0 aliphatic heterocycles. The fraction of sp³-hybridized carbons (Fsp3) is 0.696. The summed E-state index contributed by atoms with van der Waals surface area (Å²) in [6, 6.07) is 0. The van der Waals surface area contributed by atoms with E-state index in [9.17, 15) is 29.7 Å². The molecule has 6 rings (SSSR count). The predicted molar refractivity (Wildman–Crippen MR) is 103 cm³/mol. The maximum Gasteiger partial charge on any atom is 0.308 e. The summed E-state index contributed by atoms with van der Waals surface area (Å²) >= 11 is 0. The van der Waals surface area contributed by atoms with Gasteiger partial charge in [-0.05, 0) is 63.2 Å². The molecule has 3 saturated carbocycles. The number of fused-ring (bicyclic) bond motifs is 2. The first-order valence-electron chi connectivity index (χ1n) is 10.8. The number of aliphatic hydroxyl groups is 1. The van der Waals surface area contributed by atoms with Crippen molar-refractivity contribution in [3.05, 3.63) is 23.8 Å². The van der Waals surface area contributed by atoms with E-state index < -0.39 is 40.7 Å². The van der Waals surface area contributed by atoms with Crippen LogP contribution in [0.3, 0.4) is 0 Å². The molecule has 3 N–H and O–H groups in total. The van der Waals surface area contributed by atoms with Crippen molar-refractivity contribution in [3.63, 3.8) is 0 Å². The number of carboxylic acids is 2. The van der Waals surface area contributed by atoms with E-state index >= 15 is 0 Å². The van der Waals surface area contributed by atoms with Crippen LogP contribution in [0.15, 0.2) is 23.8 Å². The van der Waals surface area contributed by atoms with Gasteiger partial charge >= 0.3 is 11.9 Å². The van der Waals surface area contributed by atoms with Gasteiger partial charge in [0.2, 0.25) is 0 Å². The van der Waals surface area contributed by atoms with Gasteiger partial charge in [0.1, 0.15) is 5.78 Å². The first kappa shape index (κ1) is 19.0. The zero-order valence-electron chi connectivity index (χ0n) is 16.6. The minimum atomic E-state index is -1.08. The van der Waals surface area contributed by atoms with Crippen LogP contribution in [0.25, 0.3) is 0 Å². The number of carbonyl (C=O) groups excluding carboxylic acids is 1. The number of aliphatic hydroxyl groups excluding tert-OH is 1. The molecule has 9 unspecified atom stereocenters. The molecule has 0 radical (unpaired) electrons. The first-order valence-corrected chi connectivity index (χ1v) is 10.8. The molecule has 2 spiro atoms. The van der Waals surface area contributed by atoms with Gasteiger partial charge in [-0.15, -0.1) is 0 Å². The predicted octanol–water partition coefficient (Wildman–Crippen LogP) is 2.67. The zero-order chi connectivity index (χ0) is 20.7. The molecule has 9 atom stereocenters. The number of carboxylic acid groups (broad SMARTS) is 2. The average molecular weight is 400 g/mol. The number of hydrogen-bond donors (Lipinski definition) is 3. The molecule has 156 valence electrons. The van der Waals surface area contributed by atoms with E-state index in [4.69, 9.17) is 0 Å². The van der Waals surface area contributed by atoms with Crippen LogP contribution in [0.4, 0.5) is 0 Å². The van der Waals surface area contributed by atoms with Crippen LogP contribution in [-0.2, 0) is 14.4 Å². The smallest absolute Gasteiger partial charge is 0.308 e. The molecule has 0 heterocycles. The largest absolute Gasteiger partial charge is 0.481 e. The average Bonchev–Trinajstić information content (AvgIpc) is 3.10. The Bertz CT molecular complexity index is 857. The molecular formula is C23H28O6. The van der Waals surface area contributed by atoms with Crippen LogP contribution >= 0.6 is 0 Å². The molecule has 0 aromatic rings. The summed E-state index contributed by atoms with van der Waals surface area (Å²) in [5.41, 5.74) is -0.579. The maximum absolute atomic E-state index is 12.6. The Labute approximate surface area is 169 Å². The van der Waals surface area contributed by atoms with Crippen LogP contribution in [0, 0.1) is 46.3 Å². The highest BCUT2D eigenvalue weighted by Crippen LogP contribution is 2.73. The summed E-state index contributed by atoms with van der Waals surface area (Å²) in [7, 11) is 0. The highest BCUT2D eigenvalue weighted by molar-refractivity contribution is 5.85. The molecule has 6 nitrogen and oxygen atoms in total. The lowest BCUT2D eigenvalue weighted by Crippen LogP contribution is -2.66. The molecule has 6 aliphatic rings. The Hall–Kier alpha value is -1.95. The second kappa shape index (κ2) is 6.03. The monoisotopic (exact) mass is 400 g/mol. The molecule has 0 saturated heterocycles. The number of Topliss-reactive ketones (excluding diaryl/α,β-unsaturated/α-hetero) is 1. The lowest BCUT2D eigenvalue weighted by molar-refractivity contribution is -0.181. The van der Waals surface area contributed by atoms with Gasteiger partial charge < -0.3 is 15.3 Å². The number of rotatable bonds is 3. The van der Waals surface area contributed by atoms with Gasteiger partial charge in [0.05, 0.1) is 17.9 Å². The van der Waals surface area contributed by atoms with E-state index in [2.05, 4.69) is 6.08 Å². The number of carbonyl (C=O) groups is 3. The summed E-state index contributed by atoms with van der Waals surface area (Å²) < 4.78 is 0. The van der Waals surface area contributed by atoms with Crippen molar-refractivity contribution < 1.29 is 29.7 Å². The summed E-state index contributed by atoms with van der Waals surface area (Å²) in [5, 5.41) is 30.9. The minimum absolute atomic E-state index is 0.0132. The van der Waals surface area contributed by atoms with Crippen molar-refractivity contribution in [2.75, 3.05) is 0 Å². The molecule has 6 aliphatic carbocycles. The molecule has 0 aromatic heterocycles. The van der Waals surface area contributed by atoms with Crippen molar-refractivity contribution in [1.29, 1.82) is 0 Å². The van der Waals surface area contributed by atoms with Gasteiger partial charge in [0, 0.05) is 16.7 Å². The molecule has 0 amide bonds. The van der Waals surface area contributed by atoms with Gasteiger partial charge in [-0.2, -0.15) is 0 Å². The van der Waals surface area contributed by atoms with Crippen LogP contribution in [0.1, 0.15) is 45.4 Å². The van der Waals surface area contributed by atoms with E-state index in [-0.39, 0.29) is 29.5 Å². The molecule has 6 heteroatoms. The summed E-state index contributed by atoms with van der Waals surface area (Å²) in [6.45, 7) is 1.61. The lowest BCUT2D eigenvalue weighted by atomic mass is 9.35. The van der Waals surface area contributed by atoms with Gasteiger partial charge in [-0.3, -0.25) is 14.4 Å². The number of aliphatic carboxylic acids is 2. The third-order valence-corrected chi connectivity index (χ3v) is 9.10. The molecule has 2 bridgehead atoms. The minimum Gasteiger partial charge on any atom is -0.481 e. The van der Waals surface area contributed by atoms with E-state index in [1.165, 1.54) is 0 Å². The molecular weight excluding hydrogens is 372 g/mol. The highest BCUT2D eigenvalue weighted by atomic mass is 16.4. The normalized spacial score (nSPS) is 49.6. The van der Waals surface area contributed by atoms with Gasteiger partial charge in [-0.25, -0.2) is 0 Å². The van der Waals surface area contributed by atoms with Crippen LogP contribution in [0.2, 0.25) is 0 Å². The van der Waals surface area contributed by atoms with Gasteiger partial charge in [0.15, 0.2) is 0 Å². The zero-order valence-corrected chi connectivity index (χ0v) is 16.6. The highest BCUT2D eigenvalue weighted by Gasteiger charge is 2.72. The SMILES string of the molecule is CC(=O)C1CCC2C1CC=C1C3CCC(O)CC34C=CC12C(C(=O)O)C4C(=O)O. The maximum atomic E-state index is 12.6. The fourth-order valence-electron chi connectivity index (χ4n) is 8.28. The Balaban J connectivity index is 1.74. The van der Waals surface area contributed by atoms with E-state index in [0.29, 0.717) is 19.3 Å². The standard InChI is InChI=1S/C23H28O6/c1-11(24)13-3-6-15-14(13)4-7-17-16-5-2-12(25)10-22(16)8-9-23(15,17)19(21(28)29)18(22)20(26)27/h7-9,12-16,18-19,25H,2-6,10H2,1H3,(H,26,27)(H,28,29). The van der Waals surface area contributed by atoms with E-state index in [1.807, 2.05) is 12.2 Å². The third-order valence-electron chi connectivity index (χ3n) is 9.10. The van der Waals surface area contributed by atoms with Crippen molar-refractivity contribution in [1.82, 2.24) is 0 Å².